The highest BCUT2D eigenvalue weighted by molar-refractivity contribution is 5.77. The fourth-order valence-electron chi connectivity index (χ4n) is 2.12. The summed E-state index contributed by atoms with van der Waals surface area (Å²) < 4.78 is 0. The van der Waals surface area contributed by atoms with Crippen LogP contribution in [-0.2, 0) is 0 Å². The molecule has 2 N–H and O–H groups in total. The van der Waals surface area contributed by atoms with Crippen molar-refractivity contribution in [1.82, 2.24) is 0 Å². The molecule has 0 bridgehead atoms. The molecule has 0 unspecified atom stereocenters. The van der Waals surface area contributed by atoms with Crippen molar-refractivity contribution >= 4 is 0 Å². The molecular weight excluding hydrogens is 212 g/mol. The Morgan fingerprint density at radius 1 is 0.882 bits per heavy atom. The lowest BCUT2D eigenvalue weighted by atomic mass is 9.93. The molecule has 2 heteroatoms. The fourth-order valence-corrected chi connectivity index (χ4v) is 2.12. The maximum atomic E-state index is 9.98. The quantitative estimate of drug-likeness (QED) is 0.781. The van der Waals surface area contributed by atoms with Crippen molar-refractivity contribution in [2.75, 3.05) is 0 Å². The molecule has 0 aromatic heterocycles. The molecular formula is C15H16O2. The number of phenols is 2. The average molecular weight is 228 g/mol. The second-order valence-electron chi connectivity index (χ2n) is 4.40. The van der Waals surface area contributed by atoms with E-state index in [1.165, 1.54) is 11.6 Å². The average Bonchev–Trinajstić information content (AvgIpc) is 2.23. The Hall–Kier alpha value is -1.96. The molecule has 0 atom stereocenters. The van der Waals surface area contributed by atoms with Crippen molar-refractivity contribution in [3.8, 4) is 22.6 Å². The molecule has 0 amide bonds. The molecule has 2 rings (SSSR count). The summed E-state index contributed by atoms with van der Waals surface area (Å²) in [6.45, 7) is 5.97. The van der Waals surface area contributed by atoms with E-state index < -0.39 is 0 Å². The van der Waals surface area contributed by atoms with Crippen molar-refractivity contribution in [1.29, 1.82) is 0 Å². The van der Waals surface area contributed by atoms with Crippen LogP contribution >= 0.6 is 0 Å². The standard InChI is InChI=1S/C15H16O2/c1-9-5-4-6-13(11(9)3)15-10(2)7-12(16)8-14(15)17/h4-8,16-17H,1-3H3. The minimum Gasteiger partial charge on any atom is -0.508 e. The van der Waals surface area contributed by atoms with Crippen molar-refractivity contribution < 1.29 is 10.2 Å². The first-order valence-electron chi connectivity index (χ1n) is 5.60. The Labute approximate surface area is 101 Å². The molecule has 17 heavy (non-hydrogen) atoms. The summed E-state index contributed by atoms with van der Waals surface area (Å²) in [5.41, 5.74) is 5.02. The second-order valence-corrected chi connectivity index (χ2v) is 4.40. The Bertz CT molecular complexity index is 548. The molecule has 0 spiro atoms. The number of hydrogen-bond acceptors (Lipinski definition) is 2. The summed E-state index contributed by atoms with van der Waals surface area (Å²) >= 11 is 0. The molecule has 0 aliphatic rings. The molecule has 2 nitrogen and oxygen atoms in total. The lowest BCUT2D eigenvalue weighted by Gasteiger charge is -2.13. The number of aromatic hydroxyl groups is 2. The van der Waals surface area contributed by atoms with Gasteiger partial charge in [-0.25, -0.2) is 0 Å². The molecule has 88 valence electrons. The largest absolute Gasteiger partial charge is 0.508 e. The van der Waals surface area contributed by atoms with Gasteiger partial charge in [0.15, 0.2) is 0 Å². The van der Waals surface area contributed by atoms with Crippen LogP contribution < -0.4 is 0 Å². The van der Waals surface area contributed by atoms with E-state index in [-0.39, 0.29) is 11.5 Å². The van der Waals surface area contributed by atoms with Crippen LogP contribution in [0.25, 0.3) is 11.1 Å². The lowest BCUT2D eigenvalue weighted by Crippen LogP contribution is -1.90. The Morgan fingerprint density at radius 2 is 1.59 bits per heavy atom. The van der Waals surface area contributed by atoms with Crippen LogP contribution in [0.5, 0.6) is 11.5 Å². The zero-order valence-corrected chi connectivity index (χ0v) is 10.3. The second kappa shape index (κ2) is 4.13. The monoisotopic (exact) mass is 228 g/mol. The zero-order valence-electron chi connectivity index (χ0n) is 10.3. The molecule has 2 aromatic carbocycles. The summed E-state index contributed by atoms with van der Waals surface area (Å²) in [7, 11) is 0. The highest BCUT2D eigenvalue weighted by Crippen LogP contribution is 2.37. The topological polar surface area (TPSA) is 40.5 Å². The maximum absolute atomic E-state index is 9.98. The first-order valence-corrected chi connectivity index (χ1v) is 5.60. The Kier molecular flexibility index (Phi) is 2.80. The molecule has 0 aliphatic heterocycles. The van der Waals surface area contributed by atoms with E-state index >= 15 is 0 Å². The number of rotatable bonds is 1. The van der Waals surface area contributed by atoms with Gasteiger partial charge in [-0.1, -0.05) is 18.2 Å². The summed E-state index contributed by atoms with van der Waals surface area (Å²) in [5, 5.41) is 19.4. The van der Waals surface area contributed by atoms with Gasteiger partial charge in [-0.3, -0.25) is 0 Å². The highest BCUT2D eigenvalue weighted by Gasteiger charge is 2.12. The normalized spacial score (nSPS) is 10.5. The van der Waals surface area contributed by atoms with Crippen LogP contribution in [0.2, 0.25) is 0 Å². The molecule has 0 aliphatic carbocycles. The predicted octanol–water partition coefficient (Wildman–Crippen LogP) is 3.69. The van der Waals surface area contributed by atoms with Gasteiger partial charge in [0.2, 0.25) is 0 Å². The predicted molar refractivity (Wildman–Crippen MR) is 69.4 cm³/mol. The third kappa shape index (κ3) is 1.98. The van der Waals surface area contributed by atoms with Gasteiger partial charge >= 0.3 is 0 Å². The van der Waals surface area contributed by atoms with Gasteiger partial charge in [-0.15, -0.1) is 0 Å². The van der Waals surface area contributed by atoms with E-state index in [1.54, 1.807) is 6.07 Å². The van der Waals surface area contributed by atoms with Crippen molar-refractivity contribution in [3.63, 3.8) is 0 Å². The molecule has 0 saturated heterocycles. The third-order valence-electron chi connectivity index (χ3n) is 3.17. The minimum atomic E-state index is 0.0917. The number of phenolic OH excluding ortho intramolecular Hbond substituents is 2. The SMILES string of the molecule is Cc1cccc(-c2c(C)cc(O)cc2O)c1C. The van der Waals surface area contributed by atoms with Crippen LogP contribution in [0.4, 0.5) is 0 Å². The summed E-state index contributed by atoms with van der Waals surface area (Å²) in [6.07, 6.45) is 0. The van der Waals surface area contributed by atoms with E-state index in [1.807, 2.05) is 39.0 Å². The Morgan fingerprint density at radius 3 is 2.24 bits per heavy atom. The summed E-state index contributed by atoms with van der Waals surface area (Å²) in [6, 6.07) is 9.05. The van der Waals surface area contributed by atoms with Gasteiger partial charge < -0.3 is 10.2 Å². The van der Waals surface area contributed by atoms with Gasteiger partial charge in [0, 0.05) is 11.6 Å². The number of benzene rings is 2. The third-order valence-corrected chi connectivity index (χ3v) is 3.17. The highest BCUT2D eigenvalue weighted by atomic mass is 16.3. The molecule has 0 fully saturated rings. The van der Waals surface area contributed by atoms with Gasteiger partial charge in [-0.2, -0.15) is 0 Å². The zero-order chi connectivity index (χ0) is 12.6. The van der Waals surface area contributed by atoms with E-state index in [0.717, 1.165) is 22.3 Å². The van der Waals surface area contributed by atoms with Crippen LogP contribution in [-0.4, -0.2) is 10.2 Å². The Balaban J connectivity index is 2.73. The van der Waals surface area contributed by atoms with E-state index in [0.29, 0.717) is 0 Å². The fraction of sp³-hybridized carbons (Fsp3) is 0.200. The first-order chi connectivity index (χ1) is 8.00. The van der Waals surface area contributed by atoms with Gasteiger partial charge in [0.05, 0.1) is 0 Å². The summed E-state index contributed by atoms with van der Waals surface area (Å²) in [4.78, 5) is 0. The van der Waals surface area contributed by atoms with E-state index in [9.17, 15) is 10.2 Å². The van der Waals surface area contributed by atoms with Gasteiger partial charge in [0.1, 0.15) is 11.5 Å². The van der Waals surface area contributed by atoms with Crippen LogP contribution in [0.3, 0.4) is 0 Å². The number of hydrogen-bond donors (Lipinski definition) is 2. The summed E-state index contributed by atoms with van der Waals surface area (Å²) in [5.74, 6) is 0.213. The van der Waals surface area contributed by atoms with Crippen LogP contribution in [0.1, 0.15) is 16.7 Å². The lowest BCUT2D eigenvalue weighted by molar-refractivity contribution is 0.451. The molecule has 0 saturated carbocycles. The number of aryl methyl sites for hydroxylation is 2. The molecule has 0 heterocycles. The van der Waals surface area contributed by atoms with Crippen LogP contribution in [0, 0.1) is 20.8 Å². The first kappa shape index (κ1) is 11.5. The maximum Gasteiger partial charge on any atom is 0.127 e. The molecule has 2 aromatic rings. The van der Waals surface area contributed by atoms with Gasteiger partial charge in [-0.05, 0) is 49.1 Å². The van der Waals surface area contributed by atoms with E-state index in [4.69, 9.17) is 0 Å². The molecule has 0 radical (unpaired) electrons. The van der Waals surface area contributed by atoms with Crippen molar-refractivity contribution in [2.45, 2.75) is 20.8 Å². The van der Waals surface area contributed by atoms with E-state index in [2.05, 4.69) is 0 Å². The van der Waals surface area contributed by atoms with Gasteiger partial charge in [0.25, 0.3) is 0 Å². The smallest absolute Gasteiger partial charge is 0.127 e. The van der Waals surface area contributed by atoms with Crippen LogP contribution in [0.15, 0.2) is 30.3 Å². The van der Waals surface area contributed by atoms with Crippen molar-refractivity contribution in [3.05, 3.63) is 47.0 Å². The van der Waals surface area contributed by atoms with Crippen molar-refractivity contribution in [2.24, 2.45) is 0 Å². The minimum absolute atomic E-state index is 0.0917.